The van der Waals surface area contributed by atoms with Gasteiger partial charge in [-0.1, -0.05) is 13.3 Å². The Morgan fingerprint density at radius 2 is 1.84 bits per heavy atom. The van der Waals surface area contributed by atoms with E-state index in [1.54, 1.807) is 8.61 Å². The van der Waals surface area contributed by atoms with Crippen molar-refractivity contribution >= 4 is 10.2 Å². The summed E-state index contributed by atoms with van der Waals surface area (Å²) >= 11 is 0. The smallest absolute Gasteiger partial charge is 0.282 e. The summed E-state index contributed by atoms with van der Waals surface area (Å²) in [6.07, 6.45) is 6.03. The second kappa shape index (κ2) is 6.52. The molecule has 2 heterocycles. The van der Waals surface area contributed by atoms with Crippen molar-refractivity contribution in [2.45, 2.75) is 51.5 Å². The lowest BCUT2D eigenvalue weighted by Gasteiger charge is -2.37. The van der Waals surface area contributed by atoms with Gasteiger partial charge in [-0.2, -0.15) is 17.0 Å². The van der Waals surface area contributed by atoms with E-state index in [-0.39, 0.29) is 6.04 Å². The predicted molar refractivity (Wildman–Crippen MR) is 76.9 cm³/mol. The fourth-order valence-corrected chi connectivity index (χ4v) is 5.05. The first kappa shape index (κ1) is 15.2. The number of nitrogens with zero attached hydrogens (tertiary/aromatic N) is 2. The molecule has 2 atom stereocenters. The topological polar surface area (TPSA) is 66.6 Å². The zero-order valence-corrected chi connectivity index (χ0v) is 12.7. The monoisotopic (exact) mass is 289 g/mol. The fourth-order valence-electron chi connectivity index (χ4n) is 3.13. The van der Waals surface area contributed by atoms with E-state index in [1.165, 1.54) is 0 Å². The van der Waals surface area contributed by atoms with Crippen molar-refractivity contribution in [1.29, 1.82) is 0 Å². The lowest BCUT2D eigenvalue weighted by atomic mass is 10.0. The molecule has 0 bridgehead atoms. The lowest BCUT2D eigenvalue weighted by Crippen LogP contribution is -2.53. The summed E-state index contributed by atoms with van der Waals surface area (Å²) in [7, 11) is -3.31. The minimum absolute atomic E-state index is 0.000531. The first-order valence-corrected chi connectivity index (χ1v) is 8.92. The first-order chi connectivity index (χ1) is 9.05. The molecule has 2 rings (SSSR count). The standard InChI is InChI=1S/C13H27N3O2S/c1-12-5-4-8-15(10-7-12)19(17,18)16-9-3-2-6-13(16)11-14/h12-13H,2-11,14H2,1H3. The number of hydrogen-bond donors (Lipinski definition) is 1. The molecule has 6 heteroatoms. The molecule has 5 nitrogen and oxygen atoms in total. The van der Waals surface area contributed by atoms with Gasteiger partial charge < -0.3 is 5.73 Å². The number of piperidine rings is 1. The van der Waals surface area contributed by atoms with Crippen LogP contribution < -0.4 is 5.73 Å². The predicted octanol–water partition coefficient (Wildman–Crippen LogP) is 1.17. The summed E-state index contributed by atoms with van der Waals surface area (Å²) in [5.41, 5.74) is 5.75. The molecule has 2 aliphatic heterocycles. The van der Waals surface area contributed by atoms with Crippen LogP contribution in [0.3, 0.4) is 0 Å². The third kappa shape index (κ3) is 3.48. The van der Waals surface area contributed by atoms with Gasteiger partial charge in [0, 0.05) is 32.2 Å². The molecular formula is C13H27N3O2S. The maximum Gasteiger partial charge on any atom is 0.282 e. The van der Waals surface area contributed by atoms with Gasteiger partial charge in [-0.05, 0) is 38.0 Å². The van der Waals surface area contributed by atoms with Gasteiger partial charge in [0.2, 0.25) is 0 Å². The molecule has 0 aromatic heterocycles. The summed E-state index contributed by atoms with van der Waals surface area (Å²) in [5.74, 6) is 0.631. The lowest BCUT2D eigenvalue weighted by molar-refractivity contribution is 0.235. The summed E-state index contributed by atoms with van der Waals surface area (Å²) in [4.78, 5) is 0. The Kier molecular flexibility index (Phi) is 5.22. The van der Waals surface area contributed by atoms with Gasteiger partial charge in [0.15, 0.2) is 0 Å². The molecule has 2 N–H and O–H groups in total. The quantitative estimate of drug-likeness (QED) is 0.848. The molecule has 2 saturated heterocycles. The van der Waals surface area contributed by atoms with Crippen LogP contribution in [0.4, 0.5) is 0 Å². The Morgan fingerprint density at radius 1 is 1.05 bits per heavy atom. The van der Waals surface area contributed by atoms with Gasteiger partial charge >= 0.3 is 0 Å². The van der Waals surface area contributed by atoms with E-state index in [9.17, 15) is 8.42 Å². The SMILES string of the molecule is CC1CCCN(S(=O)(=O)N2CCCCC2CN)CC1. The molecular weight excluding hydrogens is 262 g/mol. The van der Waals surface area contributed by atoms with E-state index in [0.717, 1.165) is 38.5 Å². The molecule has 2 aliphatic rings. The van der Waals surface area contributed by atoms with Gasteiger partial charge in [0.25, 0.3) is 10.2 Å². The normalized spacial score (nSPS) is 32.1. The molecule has 112 valence electrons. The Balaban J connectivity index is 2.11. The van der Waals surface area contributed by atoms with Gasteiger partial charge in [-0.3, -0.25) is 0 Å². The van der Waals surface area contributed by atoms with Crippen molar-refractivity contribution in [2.75, 3.05) is 26.2 Å². The highest BCUT2D eigenvalue weighted by Gasteiger charge is 2.36. The second-order valence-electron chi connectivity index (χ2n) is 5.94. The molecule has 2 fully saturated rings. The summed E-state index contributed by atoms with van der Waals surface area (Å²) in [6, 6.07) is -0.000531. The zero-order valence-electron chi connectivity index (χ0n) is 11.9. The average molecular weight is 289 g/mol. The third-order valence-corrected chi connectivity index (χ3v) is 6.53. The molecule has 19 heavy (non-hydrogen) atoms. The first-order valence-electron chi connectivity index (χ1n) is 7.52. The number of rotatable bonds is 3. The van der Waals surface area contributed by atoms with E-state index < -0.39 is 10.2 Å². The average Bonchev–Trinajstić information content (AvgIpc) is 2.64. The van der Waals surface area contributed by atoms with Crippen LogP contribution in [0.1, 0.15) is 45.4 Å². The van der Waals surface area contributed by atoms with E-state index in [1.807, 2.05) is 0 Å². The summed E-state index contributed by atoms with van der Waals surface area (Å²) < 4.78 is 28.9. The largest absolute Gasteiger partial charge is 0.329 e. The molecule has 0 radical (unpaired) electrons. The van der Waals surface area contributed by atoms with Crippen LogP contribution in [-0.2, 0) is 10.2 Å². The highest BCUT2D eigenvalue weighted by Crippen LogP contribution is 2.25. The molecule has 2 unspecified atom stereocenters. The van der Waals surface area contributed by atoms with Gasteiger partial charge in [0.05, 0.1) is 0 Å². The van der Waals surface area contributed by atoms with Crippen molar-refractivity contribution in [3.8, 4) is 0 Å². The maximum atomic E-state index is 12.8. The molecule has 0 aromatic rings. The Hall–Kier alpha value is -0.170. The van der Waals surface area contributed by atoms with Crippen molar-refractivity contribution in [3.05, 3.63) is 0 Å². The highest BCUT2D eigenvalue weighted by molar-refractivity contribution is 7.86. The Bertz CT molecular complexity index is 385. The minimum atomic E-state index is -3.31. The Labute approximate surface area is 117 Å². The number of nitrogens with two attached hydrogens (primary N) is 1. The van der Waals surface area contributed by atoms with Gasteiger partial charge in [-0.25, -0.2) is 0 Å². The molecule has 0 aliphatic carbocycles. The summed E-state index contributed by atoms with van der Waals surface area (Å²) in [6.45, 7) is 4.61. The van der Waals surface area contributed by atoms with Crippen LogP contribution in [0.5, 0.6) is 0 Å². The maximum absolute atomic E-state index is 12.8. The van der Waals surface area contributed by atoms with Crippen LogP contribution in [-0.4, -0.2) is 49.2 Å². The van der Waals surface area contributed by atoms with E-state index in [2.05, 4.69) is 6.92 Å². The molecule has 0 aromatic carbocycles. The zero-order chi connectivity index (χ0) is 13.9. The Morgan fingerprint density at radius 3 is 2.58 bits per heavy atom. The van der Waals surface area contributed by atoms with Crippen LogP contribution in [0.2, 0.25) is 0 Å². The summed E-state index contributed by atoms with van der Waals surface area (Å²) in [5, 5.41) is 0. The van der Waals surface area contributed by atoms with E-state index >= 15 is 0 Å². The fraction of sp³-hybridized carbons (Fsp3) is 1.00. The van der Waals surface area contributed by atoms with Crippen LogP contribution in [0.25, 0.3) is 0 Å². The van der Waals surface area contributed by atoms with Crippen molar-refractivity contribution in [2.24, 2.45) is 11.7 Å². The second-order valence-corrected chi connectivity index (χ2v) is 7.82. The van der Waals surface area contributed by atoms with Crippen molar-refractivity contribution in [3.63, 3.8) is 0 Å². The number of hydrogen-bond acceptors (Lipinski definition) is 3. The van der Waals surface area contributed by atoms with Crippen molar-refractivity contribution < 1.29 is 8.42 Å². The molecule has 0 spiro atoms. The van der Waals surface area contributed by atoms with Crippen LogP contribution >= 0.6 is 0 Å². The van der Waals surface area contributed by atoms with E-state index in [0.29, 0.717) is 32.1 Å². The van der Waals surface area contributed by atoms with Crippen molar-refractivity contribution in [1.82, 2.24) is 8.61 Å². The van der Waals surface area contributed by atoms with Gasteiger partial charge in [-0.15, -0.1) is 0 Å². The molecule has 0 amide bonds. The minimum Gasteiger partial charge on any atom is -0.329 e. The van der Waals surface area contributed by atoms with Gasteiger partial charge in [0.1, 0.15) is 0 Å². The molecule has 0 saturated carbocycles. The third-order valence-electron chi connectivity index (χ3n) is 4.44. The van der Waals surface area contributed by atoms with E-state index in [4.69, 9.17) is 5.73 Å². The highest BCUT2D eigenvalue weighted by atomic mass is 32.2. The van der Waals surface area contributed by atoms with Crippen LogP contribution in [0.15, 0.2) is 0 Å². The van der Waals surface area contributed by atoms with Crippen LogP contribution in [0, 0.1) is 5.92 Å².